The molecule has 0 aromatic heterocycles. The Morgan fingerprint density at radius 2 is 1.72 bits per heavy atom. The Kier molecular flexibility index (Phi) is 2.29. The van der Waals surface area contributed by atoms with Crippen molar-refractivity contribution in [2.24, 2.45) is 29.6 Å². The Balaban J connectivity index is 1.55. The fraction of sp³-hybridized carbons (Fsp3) is 0.333. The molecule has 3 aliphatic carbocycles. The van der Waals surface area contributed by atoms with Crippen molar-refractivity contribution in [2.75, 3.05) is 0 Å². The summed E-state index contributed by atoms with van der Waals surface area (Å²) in [6.45, 7) is 0. The smallest absolute Gasteiger partial charge is 0.00103 e. The summed E-state index contributed by atoms with van der Waals surface area (Å²) >= 11 is 0. The van der Waals surface area contributed by atoms with Crippen LogP contribution in [0.3, 0.4) is 0 Å². The van der Waals surface area contributed by atoms with E-state index in [2.05, 4.69) is 66.8 Å². The fourth-order valence-corrected chi connectivity index (χ4v) is 4.08. The van der Waals surface area contributed by atoms with Gasteiger partial charge in [-0.25, -0.2) is 0 Å². The molecule has 1 aromatic carbocycles. The van der Waals surface area contributed by atoms with Gasteiger partial charge in [0, 0.05) is 0 Å². The Morgan fingerprint density at radius 3 is 2.61 bits per heavy atom. The molecule has 0 heteroatoms. The maximum Gasteiger partial charge on any atom is -0.00103 e. The first-order chi connectivity index (χ1) is 8.92. The molecule has 0 heterocycles. The molecule has 1 aromatic rings. The number of fused-ring (bicyclic) bond motifs is 5. The number of hydrogen-bond donors (Lipinski definition) is 0. The van der Waals surface area contributed by atoms with Crippen LogP contribution in [0.15, 0.2) is 60.7 Å². The lowest BCUT2D eigenvalue weighted by Gasteiger charge is -2.24. The molecule has 0 saturated heterocycles. The molecule has 5 atom stereocenters. The van der Waals surface area contributed by atoms with Crippen LogP contribution in [0.5, 0.6) is 0 Å². The van der Waals surface area contributed by atoms with Crippen molar-refractivity contribution >= 4 is 6.08 Å². The molecule has 0 nitrogen and oxygen atoms in total. The van der Waals surface area contributed by atoms with Gasteiger partial charge in [-0.1, -0.05) is 66.8 Å². The molecule has 0 aliphatic heterocycles. The van der Waals surface area contributed by atoms with Crippen molar-refractivity contribution in [1.29, 1.82) is 0 Å². The lowest BCUT2D eigenvalue weighted by molar-refractivity contribution is 0.348. The van der Waals surface area contributed by atoms with Crippen LogP contribution in [0.1, 0.15) is 12.0 Å². The van der Waals surface area contributed by atoms with Gasteiger partial charge in [-0.05, 0) is 41.6 Å². The summed E-state index contributed by atoms with van der Waals surface area (Å²) in [5.41, 5.74) is 1.31. The molecule has 1 fully saturated rings. The molecule has 0 radical (unpaired) electrons. The van der Waals surface area contributed by atoms with Crippen LogP contribution in [-0.4, -0.2) is 0 Å². The SMILES string of the molecule is C(=CC1C=CC2C3C=CC(C3)C12)c1ccccc1. The van der Waals surface area contributed by atoms with Crippen LogP contribution >= 0.6 is 0 Å². The average molecular weight is 234 g/mol. The third kappa shape index (κ3) is 1.52. The average Bonchev–Trinajstić information content (AvgIpc) is 3.11. The van der Waals surface area contributed by atoms with E-state index in [1.165, 1.54) is 12.0 Å². The topological polar surface area (TPSA) is 0 Å². The van der Waals surface area contributed by atoms with Gasteiger partial charge in [0.25, 0.3) is 0 Å². The van der Waals surface area contributed by atoms with E-state index in [1.54, 1.807) is 0 Å². The van der Waals surface area contributed by atoms with Crippen LogP contribution in [0, 0.1) is 29.6 Å². The molecule has 3 aliphatic rings. The lowest BCUT2D eigenvalue weighted by atomic mass is 9.80. The number of allylic oxidation sites excluding steroid dienone is 5. The predicted octanol–water partition coefficient (Wildman–Crippen LogP) is 4.32. The highest BCUT2D eigenvalue weighted by Crippen LogP contribution is 2.55. The summed E-state index contributed by atoms with van der Waals surface area (Å²) < 4.78 is 0. The normalized spacial score (nSPS) is 39.9. The van der Waals surface area contributed by atoms with E-state index in [0.29, 0.717) is 5.92 Å². The molecular weight excluding hydrogens is 216 g/mol. The van der Waals surface area contributed by atoms with Gasteiger partial charge >= 0.3 is 0 Å². The lowest BCUT2D eigenvalue weighted by Crippen LogP contribution is -2.19. The predicted molar refractivity (Wildman–Crippen MR) is 75.8 cm³/mol. The monoisotopic (exact) mass is 234 g/mol. The van der Waals surface area contributed by atoms with Gasteiger partial charge in [-0.15, -0.1) is 0 Å². The quantitative estimate of drug-likeness (QED) is 0.668. The molecule has 4 rings (SSSR count). The first-order valence-electron chi connectivity index (χ1n) is 7.02. The minimum atomic E-state index is 0.648. The minimum absolute atomic E-state index is 0.648. The van der Waals surface area contributed by atoms with Crippen LogP contribution in [0.2, 0.25) is 0 Å². The van der Waals surface area contributed by atoms with Gasteiger partial charge < -0.3 is 0 Å². The second-order valence-electron chi connectivity index (χ2n) is 5.84. The Morgan fingerprint density at radius 1 is 0.889 bits per heavy atom. The molecule has 90 valence electrons. The van der Waals surface area contributed by atoms with Gasteiger partial charge in [0.05, 0.1) is 0 Å². The maximum atomic E-state index is 2.47. The molecule has 0 amide bonds. The van der Waals surface area contributed by atoms with E-state index < -0.39 is 0 Å². The highest BCUT2D eigenvalue weighted by molar-refractivity contribution is 5.50. The molecular formula is C18H18. The third-order valence-corrected chi connectivity index (χ3v) is 4.89. The van der Waals surface area contributed by atoms with Crippen molar-refractivity contribution < 1.29 is 0 Å². The largest absolute Gasteiger partial charge is 0.0848 e. The number of hydrogen-bond acceptors (Lipinski definition) is 0. The second-order valence-corrected chi connectivity index (χ2v) is 5.84. The zero-order chi connectivity index (χ0) is 11.9. The van der Waals surface area contributed by atoms with Crippen molar-refractivity contribution in [1.82, 2.24) is 0 Å². The zero-order valence-corrected chi connectivity index (χ0v) is 10.4. The van der Waals surface area contributed by atoms with Crippen molar-refractivity contribution in [2.45, 2.75) is 6.42 Å². The molecule has 5 unspecified atom stereocenters. The molecule has 18 heavy (non-hydrogen) atoms. The van der Waals surface area contributed by atoms with Crippen LogP contribution in [0.25, 0.3) is 6.08 Å². The van der Waals surface area contributed by atoms with Crippen molar-refractivity contribution in [3.05, 3.63) is 66.3 Å². The van der Waals surface area contributed by atoms with Gasteiger partial charge in [0.1, 0.15) is 0 Å². The first-order valence-corrected chi connectivity index (χ1v) is 7.02. The van der Waals surface area contributed by atoms with E-state index in [4.69, 9.17) is 0 Å². The summed E-state index contributed by atoms with van der Waals surface area (Å²) in [4.78, 5) is 0. The third-order valence-electron chi connectivity index (χ3n) is 4.89. The van der Waals surface area contributed by atoms with Crippen molar-refractivity contribution in [3.8, 4) is 0 Å². The first kappa shape index (κ1) is 10.4. The number of benzene rings is 1. The van der Waals surface area contributed by atoms with Gasteiger partial charge in [0.15, 0.2) is 0 Å². The van der Waals surface area contributed by atoms with E-state index in [0.717, 1.165) is 23.7 Å². The van der Waals surface area contributed by atoms with E-state index in [-0.39, 0.29) is 0 Å². The molecule has 1 saturated carbocycles. The zero-order valence-electron chi connectivity index (χ0n) is 10.4. The fourth-order valence-electron chi connectivity index (χ4n) is 4.08. The molecule has 0 spiro atoms. The highest BCUT2D eigenvalue weighted by Gasteiger charge is 2.47. The van der Waals surface area contributed by atoms with E-state index in [9.17, 15) is 0 Å². The standard InChI is InChI=1S/C18H18/c1-2-4-13(5-3-1)6-7-14-10-11-17-15-8-9-16(12-15)18(14)17/h1-11,14-18H,12H2. The summed E-state index contributed by atoms with van der Waals surface area (Å²) in [6, 6.07) is 10.6. The van der Waals surface area contributed by atoms with Gasteiger partial charge in [-0.3, -0.25) is 0 Å². The van der Waals surface area contributed by atoms with E-state index in [1.807, 2.05) is 0 Å². The van der Waals surface area contributed by atoms with E-state index >= 15 is 0 Å². The van der Waals surface area contributed by atoms with Crippen LogP contribution < -0.4 is 0 Å². The minimum Gasteiger partial charge on any atom is -0.0848 e. The summed E-state index contributed by atoms with van der Waals surface area (Å²) in [5, 5.41) is 0. The van der Waals surface area contributed by atoms with Crippen LogP contribution in [-0.2, 0) is 0 Å². The second kappa shape index (κ2) is 3.98. The Bertz CT molecular complexity index is 520. The van der Waals surface area contributed by atoms with Gasteiger partial charge in [0.2, 0.25) is 0 Å². The molecule has 0 N–H and O–H groups in total. The number of rotatable bonds is 2. The van der Waals surface area contributed by atoms with Gasteiger partial charge in [-0.2, -0.15) is 0 Å². The Labute approximate surface area is 109 Å². The summed E-state index contributed by atoms with van der Waals surface area (Å²) in [7, 11) is 0. The highest BCUT2D eigenvalue weighted by atomic mass is 14.5. The maximum absolute atomic E-state index is 2.47. The summed E-state index contributed by atoms with van der Waals surface area (Å²) in [6.07, 6.45) is 15.9. The van der Waals surface area contributed by atoms with Crippen LogP contribution in [0.4, 0.5) is 0 Å². The summed E-state index contributed by atoms with van der Waals surface area (Å²) in [5.74, 6) is 3.99. The Hall–Kier alpha value is -1.56. The molecule has 2 bridgehead atoms. The van der Waals surface area contributed by atoms with Crippen molar-refractivity contribution in [3.63, 3.8) is 0 Å².